The van der Waals surface area contributed by atoms with Gasteiger partial charge in [-0.1, -0.05) is 38.1 Å². The van der Waals surface area contributed by atoms with Crippen molar-refractivity contribution in [2.45, 2.75) is 13.8 Å². The molecule has 0 saturated carbocycles. The molecular weight excluding hydrogens is 316 g/mol. The van der Waals surface area contributed by atoms with E-state index in [0.717, 1.165) is 19.6 Å². The maximum Gasteiger partial charge on any atom is 0.259 e. The van der Waals surface area contributed by atoms with E-state index in [-0.39, 0.29) is 5.91 Å². The molecule has 0 radical (unpaired) electrons. The molecule has 134 valence electrons. The zero-order valence-electron chi connectivity index (χ0n) is 15.1. The summed E-state index contributed by atoms with van der Waals surface area (Å²) in [5, 5.41) is 2.91. The van der Waals surface area contributed by atoms with Gasteiger partial charge in [-0.15, -0.1) is 0 Å². The highest BCUT2D eigenvalue weighted by Crippen LogP contribution is 2.26. The van der Waals surface area contributed by atoms with Gasteiger partial charge in [-0.2, -0.15) is 0 Å². The first-order valence-electron chi connectivity index (χ1n) is 8.58. The number of nitrogens with one attached hydrogen (secondary N) is 1. The summed E-state index contributed by atoms with van der Waals surface area (Å²) in [5.41, 5.74) is 1.14. The zero-order chi connectivity index (χ0) is 18.1. The minimum Gasteiger partial charge on any atom is -0.496 e. The molecule has 0 aliphatic heterocycles. The number of hydrogen-bond donors (Lipinski definition) is 1. The SMILES string of the molecule is CCN(CC)CCOc1ccccc1NC(=O)c1ccccc1OC. The van der Waals surface area contributed by atoms with Crippen LogP contribution in [0.25, 0.3) is 0 Å². The van der Waals surface area contributed by atoms with Crippen LogP contribution in [0.15, 0.2) is 48.5 Å². The minimum atomic E-state index is -0.225. The molecule has 1 N–H and O–H groups in total. The average Bonchev–Trinajstić information content (AvgIpc) is 2.66. The third kappa shape index (κ3) is 5.22. The molecular formula is C20H26N2O3. The fourth-order valence-corrected chi connectivity index (χ4v) is 2.54. The summed E-state index contributed by atoms with van der Waals surface area (Å²) in [4.78, 5) is 14.9. The van der Waals surface area contributed by atoms with Crippen LogP contribution in [0.1, 0.15) is 24.2 Å². The third-order valence-corrected chi connectivity index (χ3v) is 4.05. The van der Waals surface area contributed by atoms with Crippen LogP contribution >= 0.6 is 0 Å². The van der Waals surface area contributed by atoms with E-state index >= 15 is 0 Å². The number of amides is 1. The Bertz CT molecular complexity index is 684. The smallest absolute Gasteiger partial charge is 0.259 e. The Morgan fingerprint density at radius 1 is 1.00 bits per heavy atom. The molecule has 5 nitrogen and oxygen atoms in total. The third-order valence-electron chi connectivity index (χ3n) is 4.05. The molecule has 2 rings (SSSR count). The fraction of sp³-hybridized carbons (Fsp3) is 0.350. The predicted octanol–water partition coefficient (Wildman–Crippen LogP) is 3.67. The molecule has 0 aromatic heterocycles. The van der Waals surface area contributed by atoms with Gasteiger partial charge in [0.15, 0.2) is 0 Å². The molecule has 1 amide bonds. The van der Waals surface area contributed by atoms with E-state index < -0.39 is 0 Å². The number of carbonyl (C=O) groups excluding carboxylic acids is 1. The van der Waals surface area contributed by atoms with Crippen LogP contribution in [0.2, 0.25) is 0 Å². The van der Waals surface area contributed by atoms with E-state index in [2.05, 4.69) is 24.1 Å². The largest absolute Gasteiger partial charge is 0.496 e. The monoisotopic (exact) mass is 342 g/mol. The van der Waals surface area contributed by atoms with Crippen molar-refractivity contribution in [1.29, 1.82) is 0 Å². The van der Waals surface area contributed by atoms with Gasteiger partial charge >= 0.3 is 0 Å². The molecule has 0 fully saturated rings. The lowest BCUT2D eigenvalue weighted by molar-refractivity contribution is 0.102. The van der Waals surface area contributed by atoms with Gasteiger partial charge in [0.1, 0.15) is 18.1 Å². The number of para-hydroxylation sites is 3. The minimum absolute atomic E-state index is 0.225. The summed E-state index contributed by atoms with van der Waals surface area (Å²) >= 11 is 0. The molecule has 0 aliphatic carbocycles. The van der Waals surface area contributed by atoms with Gasteiger partial charge in [-0.3, -0.25) is 4.79 Å². The molecule has 0 saturated heterocycles. The van der Waals surface area contributed by atoms with Crippen molar-refractivity contribution in [3.63, 3.8) is 0 Å². The Balaban J connectivity index is 2.06. The normalized spacial score (nSPS) is 10.6. The molecule has 5 heteroatoms. The molecule has 0 aliphatic rings. The maximum atomic E-state index is 12.6. The van der Waals surface area contributed by atoms with Gasteiger partial charge in [-0.05, 0) is 37.4 Å². The van der Waals surface area contributed by atoms with Crippen molar-refractivity contribution in [1.82, 2.24) is 4.90 Å². The number of anilines is 1. The standard InChI is InChI=1S/C20H26N2O3/c1-4-22(5-2)14-15-25-19-13-9-7-11-17(19)21-20(23)16-10-6-8-12-18(16)24-3/h6-13H,4-5,14-15H2,1-3H3,(H,21,23). The second kappa shape index (κ2) is 9.69. The average molecular weight is 342 g/mol. The highest BCUT2D eigenvalue weighted by atomic mass is 16.5. The first-order valence-corrected chi connectivity index (χ1v) is 8.58. The summed E-state index contributed by atoms with van der Waals surface area (Å²) in [6, 6.07) is 14.6. The van der Waals surface area contributed by atoms with Crippen LogP contribution in [-0.4, -0.2) is 44.2 Å². The van der Waals surface area contributed by atoms with Crippen molar-refractivity contribution in [2.75, 3.05) is 38.7 Å². The Morgan fingerprint density at radius 2 is 1.64 bits per heavy atom. The summed E-state index contributed by atoms with van der Waals surface area (Å²) in [6.07, 6.45) is 0. The van der Waals surface area contributed by atoms with E-state index in [0.29, 0.717) is 29.4 Å². The van der Waals surface area contributed by atoms with Crippen LogP contribution in [0.4, 0.5) is 5.69 Å². The number of hydrogen-bond acceptors (Lipinski definition) is 4. The summed E-state index contributed by atoms with van der Waals surface area (Å²) in [5.74, 6) is 0.982. The number of carbonyl (C=O) groups is 1. The first-order chi connectivity index (χ1) is 12.2. The number of likely N-dealkylation sites (N-methyl/N-ethyl adjacent to an activating group) is 1. The first kappa shape index (κ1) is 18.8. The van der Waals surface area contributed by atoms with Crippen molar-refractivity contribution in [3.05, 3.63) is 54.1 Å². The Morgan fingerprint density at radius 3 is 2.32 bits per heavy atom. The lowest BCUT2D eigenvalue weighted by Crippen LogP contribution is -2.28. The molecule has 0 atom stereocenters. The van der Waals surface area contributed by atoms with Crippen molar-refractivity contribution in [2.24, 2.45) is 0 Å². The van der Waals surface area contributed by atoms with Crippen LogP contribution in [0, 0.1) is 0 Å². The number of nitrogens with zero attached hydrogens (tertiary/aromatic N) is 1. The van der Waals surface area contributed by atoms with Crippen molar-refractivity contribution in [3.8, 4) is 11.5 Å². The highest BCUT2D eigenvalue weighted by molar-refractivity contribution is 6.06. The molecule has 25 heavy (non-hydrogen) atoms. The van der Waals surface area contributed by atoms with Gasteiger partial charge in [-0.25, -0.2) is 0 Å². The second-order valence-corrected chi connectivity index (χ2v) is 5.53. The predicted molar refractivity (Wildman–Crippen MR) is 101 cm³/mol. The van der Waals surface area contributed by atoms with E-state index in [1.807, 2.05) is 36.4 Å². The summed E-state index contributed by atoms with van der Waals surface area (Å²) in [6.45, 7) is 7.67. The number of benzene rings is 2. The maximum absolute atomic E-state index is 12.6. The number of methoxy groups -OCH3 is 1. The lowest BCUT2D eigenvalue weighted by Gasteiger charge is -2.19. The van der Waals surface area contributed by atoms with Gasteiger partial charge in [0.25, 0.3) is 5.91 Å². The highest BCUT2D eigenvalue weighted by Gasteiger charge is 2.14. The van der Waals surface area contributed by atoms with Crippen LogP contribution < -0.4 is 14.8 Å². The van der Waals surface area contributed by atoms with E-state index in [1.54, 1.807) is 19.2 Å². The fourth-order valence-electron chi connectivity index (χ4n) is 2.54. The summed E-state index contributed by atoms with van der Waals surface area (Å²) < 4.78 is 11.1. The van der Waals surface area contributed by atoms with E-state index in [9.17, 15) is 4.79 Å². The lowest BCUT2D eigenvalue weighted by atomic mass is 10.2. The van der Waals surface area contributed by atoms with Crippen molar-refractivity contribution < 1.29 is 14.3 Å². The van der Waals surface area contributed by atoms with Crippen LogP contribution in [-0.2, 0) is 0 Å². The number of ether oxygens (including phenoxy) is 2. The van der Waals surface area contributed by atoms with Gasteiger partial charge in [0, 0.05) is 6.54 Å². The molecule has 0 unspecified atom stereocenters. The molecule has 0 heterocycles. The van der Waals surface area contributed by atoms with Gasteiger partial charge < -0.3 is 19.7 Å². The van der Waals surface area contributed by atoms with E-state index in [1.165, 1.54) is 0 Å². The molecule has 0 bridgehead atoms. The Labute approximate surface area is 149 Å². The molecule has 2 aromatic rings. The second-order valence-electron chi connectivity index (χ2n) is 5.53. The van der Waals surface area contributed by atoms with Gasteiger partial charge in [0.2, 0.25) is 0 Å². The van der Waals surface area contributed by atoms with Crippen LogP contribution in [0.3, 0.4) is 0 Å². The topological polar surface area (TPSA) is 50.8 Å². The Kier molecular flexibility index (Phi) is 7.29. The van der Waals surface area contributed by atoms with Crippen molar-refractivity contribution >= 4 is 11.6 Å². The van der Waals surface area contributed by atoms with Crippen LogP contribution in [0.5, 0.6) is 11.5 Å². The molecule has 2 aromatic carbocycles. The molecule has 0 spiro atoms. The quantitative estimate of drug-likeness (QED) is 0.755. The summed E-state index contributed by atoms with van der Waals surface area (Å²) in [7, 11) is 1.55. The Hall–Kier alpha value is -2.53. The number of rotatable bonds is 9. The van der Waals surface area contributed by atoms with E-state index in [4.69, 9.17) is 9.47 Å². The van der Waals surface area contributed by atoms with Gasteiger partial charge in [0.05, 0.1) is 18.4 Å². The zero-order valence-corrected chi connectivity index (χ0v) is 15.1.